The highest BCUT2D eigenvalue weighted by Crippen LogP contribution is 2.28. The van der Waals surface area contributed by atoms with Crippen LogP contribution in [0.4, 0.5) is 0 Å². The van der Waals surface area contributed by atoms with E-state index in [9.17, 15) is 9.59 Å². The molecule has 5 heteroatoms. The maximum absolute atomic E-state index is 12.4. The third-order valence-corrected chi connectivity index (χ3v) is 4.70. The third-order valence-electron chi connectivity index (χ3n) is 3.46. The fourth-order valence-corrected chi connectivity index (χ4v) is 3.21. The molecule has 0 amide bonds. The van der Waals surface area contributed by atoms with Crippen LogP contribution in [-0.2, 0) is 0 Å². The van der Waals surface area contributed by atoms with E-state index in [1.807, 2.05) is 37.3 Å². The fourth-order valence-electron chi connectivity index (χ4n) is 2.22. The summed E-state index contributed by atoms with van der Waals surface area (Å²) >= 11 is 1.37. The minimum atomic E-state index is -0.105. The molecule has 0 saturated heterocycles. The van der Waals surface area contributed by atoms with Crippen molar-refractivity contribution in [2.45, 2.75) is 6.92 Å². The number of hydrogen-bond acceptors (Lipinski definition) is 5. The number of aldehydes is 1. The Balaban J connectivity index is 1.71. The van der Waals surface area contributed by atoms with Crippen LogP contribution in [0.5, 0.6) is 5.75 Å². The number of rotatable bonds is 6. The van der Waals surface area contributed by atoms with Gasteiger partial charge in [0.25, 0.3) is 0 Å². The van der Waals surface area contributed by atoms with Crippen LogP contribution in [0.3, 0.4) is 0 Å². The van der Waals surface area contributed by atoms with Crippen molar-refractivity contribution >= 4 is 23.4 Å². The molecule has 3 aromatic rings. The van der Waals surface area contributed by atoms with E-state index in [1.165, 1.54) is 11.3 Å². The molecule has 0 fully saturated rings. The molecule has 120 valence electrons. The minimum Gasteiger partial charge on any atom is -0.485 e. The summed E-state index contributed by atoms with van der Waals surface area (Å²) in [5.74, 6) is 0.450. The Bertz CT molecular complexity index is 854. The number of aromatic nitrogens is 1. The summed E-state index contributed by atoms with van der Waals surface area (Å²) in [5.41, 5.74) is 2.28. The van der Waals surface area contributed by atoms with Gasteiger partial charge in [0.15, 0.2) is 6.61 Å². The number of thiazole rings is 1. The first-order valence-electron chi connectivity index (χ1n) is 7.41. The van der Waals surface area contributed by atoms with Crippen molar-refractivity contribution in [2.24, 2.45) is 0 Å². The maximum atomic E-state index is 12.4. The summed E-state index contributed by atoms with van der Waals surface area (Å²) in [6.07, 6.45) is 0.765. The Morgan fingerprint density at radius 1 is 1.12 bits per heavy atom. The second-order valence-corrected chi connectivity index (χ2v) is 6.20. The smallest absolute Gasteiger partial charge is 0.212 e. The Kier molecular flexibility index (Phi) is 4.82. The summed E-state index contributed by atoms with van der Waals surface area (Å²) in [6, 6.07) is 16.4. The van der Waals surface area contributed by atoms with Gasteiger partial charge in [0.05, 0.1) is 10.6 Å². The molecule has 0 aliphatic rings. The molecule has 24 heavy (non-hydrogen) atoms. The zero-order valence-electron chi connectivity index (χ0n) is 13.1. The van der Waals surface area contributed by atoms with Crippen molar-refractivity contribution in [3.63, 3.8) is 0 Å². The van der Waals surface area contributed by atoms with Crippen molar-refractivity contribution < 1.29 is 14.3 Å². The molecule has 0 atom stereocenters. The predicted molar refractivity (Wildman–Crippen MR) is 93.9 cm³/mol. The first-order chi connectivity index (χ1) is 11.7. The molecule has 0 N–H and O–H groups in total. The van der Waals surface area contributed by atoms with E-state index in [4.69, 9.17) is 4.74 Å². The summed E-state index contributed by atoms with van der Waals surface area (Å²) in [4.78, 5) is 28.1. The van der Waals surface area contributed by atoms with Gasteiger partial charge in [-0.1, -0.05) is 30.3 Å². The molecule has 1 aromatic heterocycles. The molecule has 3 rings (SSSR count). The lowest BCUT2D eigenvalue weighted by atomic mass is 10.2. The molecule has 0 spiro atoms. The average Bonchev–Trinajstić information content (AvgIpc) is 3.03. The first kappa shape index (κ1) is 16.1. The van der Waals surface area contributed by atoms with E-state index in [-0.39, 0.29) is 12.4 Å². The van der Waals surface area contributed by atoms with Crippen molar-refractivity contribution in [3.8, 4) is 16.3 Å². The molecule has 0 saturated carbocycles. The normalized spacial score (nSPS) is 10.4. The van der Waals surface area contributed by atoms with Crippen LogP contribution in [-0.4, -0.2) is 23.7 Å². The van der Waals surface area contributed by atoms with Gasteiger partial charge >= 0.3 is 0 Å². The predicted octanol–water partition coefficient (Wildman–Crippen LogP) is 4.19. The molecule has 0 radical (unpaired) electrons. The lowest BCUT2D eigenvalue weighted by Gasteiger charge is -2.04. The zero-order valence-corrected chi connectivity index (χ0v) is 13.9. The standard InChI is InChI=1S/C19H15NO3S/c1-13-18(24-19(20-13)15-5-3-2-4-6-15)17(22)12-23-16-9-7-14(11-21)8-10-16/h2-11H,12H2,1H3. The van der Waals surface area contributed by atoms with Gasteiger partial charge in [-0.2, -0.15) is 0 Å². The minimum absolute atomic E-state index is 0.0578. The van der Waals surface area contributed by atoms with Gasteiger partial charge in [-0.3, -0.25) is 9.59 Å². The number of benzene rings is 2. The molecule has 0 unspecified atom stereocenters. The summed E-state index contributed by atoms with van der Waals surface area (Å²) in [7, 11) is 0. The van der Waals surface area contributed by atoms with Crippen molar-refractivity contribution in [3.05, 3.63) is 70.7 Å². The van der Waals surface area contributed by atoms with Gasteiger partial charge in [0.2, 0.25) is 5.78 Å². The van der Waals surface area contributed by atoms with Gasteiger partial charge in [-0.15, -0.1) is 11.3 Å². The number of nitrogens with zero attached hydrogens (tertiary/aromatic N) is 1. The van der Waals surface area contributed by atoms with E-state index in [1.54, 1.807) is 24.3 Å². The van der Waals surface area contributed by atoms with Gasteiger partial charge < -0.3 is 4.74 Å². The quantitative estimate of drug-likeness (QED) is 0.500. The lowest BCUT2D eigenvalue weighted by Crippen LogP contribution is -2.11. The molecule has 0 aliphatic carbocycles. The van der Waals surface area contributed by atoms with Crippen molar-refractivity contribution in [1.29, 1.82) is 0 Å². The molecule has 1 heterocycles. The summed E-state index contributed by atoms with van der Waals surface area (Å²) in [6.45, 7) is 1.77. The molecular weight excluding hydrogens is 322 g/mol. The Morgan fingerprint density at radius 3 is 2.50 bits per heavy atom. The van der Waals surface area contributed by atoms with E-state index >= 15 is 0 Å². The van der Waals surface area contributed by atoms with Gasteiger partial charge in [0, 0.05) is 11.1 Å². The number of carbonyl (C=O) groups is 2. The van der Waals surface area contributed by atoms with Crippen LogP contribution >= 0.6 is 11.3 Å². The van der Waals surface area contributed by atoms with E-state index in [0.29, 0.717) is 21.9 Å². The molecule has 0 aliphatic heterocycles. The van der Waals surface area contributed by atoms with Crippen LogP contribution in [0, 0.1) is 6.92 Å². The SMILES string of the molecule is Cc1nc(-c2ccccc2)sc1C(=O)COc1ccc(C=O)cc1. The Hall–Kier alpha value is -2.79. The number of ether oxygens (including phenoxy) is 1. The monoisotopic (exact) mass is 337 g/mol. The third kappa shape index (κ3) is 3.58. The highest BCUT2D eigenvalue weighted by molar-refractivity contribution is 7.17. The summed E-state index contributed by atoms with van der Waals surface area (Å²) < 4.78 is 5.51. The van der Waals surface area contributed by atoms with E-state index in [2.05, 4.69) is 4.98 Å². The Morgan fingerprint density at radius 2 is 1.83 bits per heavy atom. The van der Waals surface area contributed by atoms with E-state index in [0.717, 1.165) is 16.9 Å². The van der Waals surface area contributed by atoms with Crippen LogP contribution < -0.4 is 4.74 Å². The number of carbonyl (C=O) groups excluding carboxylic acids is 2. The van der Waals surface area contributed by atoms with E-state index < -0.39 is 0 Å². The molecule has 0 bridgehead atoms. The first-order valence-corrected chi connectivity index (χ1v) is 8.23. The molecule has 2 aromatic carbocycles. The maximum Gasteiger partial charge on any atom is 0.212 e. The van der Waals surface area contributed by atoms with Crippen molar-refractivity contribution in [2.75, 3.05) is 6.61 Å². The highest BCUT2D eigenvalue weighted by atomic mass is 32.1. The zero-order chi connectivity index (χ0) is 16.9. The van der Waals surface area contributed by atoms with Crippen LogP contribution in [0.1, 0.15) is 25.7 Å². The largest absolute Gasteiger partial charge is 0.485 e. The summed E-state index contributed by atoms with van der Waals surface area (Å²) in [5, 5.41) is 0.826. The number of Topliss-reactive ketones (excluding diaryl/α,β-unsaturated/α-hetero) is 1. The lowest BCUT2D eigenvalue weighted by molar-refractivity contribution is 0.0924. The average molecular weight is 337 g/mol. The van der Waals surface area contributed by atoms with Crippen LogP contribution in [0.15, 0.2) is 54.6 Å². The molecular formula is C19H15NO3S. The number of ketones is 1. The fraction of sp³-hybridized carbons (Fsp3) is 0.105. The van der Waals surface area contributed by atoms with Crippen LogP contribution in [0.2, 0.25) is 0 Å². The van der Waals surface area contributed by atoms with Gasteiger partial charge in [-0.05, 0) is 31.2 Å². The topological polar surface area (TPSA) is 56.3 Å². The van der Waals surface area contributed by atoms with Crippen LogP contribution in [0.25, 0.3) is 10.6 Å². The number of aryl methyl sites for hydroxylation is 1. The van der Waals surface area contributed by atoms with Crippen molar-refractivity contribution in [1.82, 2.24) is 4.98 Å². The highest BCUT2D eigenvalue weighted by Gasteiger charge is 2.16. The second-order valence-electron chi connectivity index (χ2n) is 5.20. The Labute approximate surface area is 143 Å². The second kappa shape index (κ2) is 7.19. The number of hydrogen-bond donors (Lipinski definition) is 0. The van der Waals surface area contributed by atoms with Gasteiger partial charge in [0.1, 0.15) is 17.0 Å². The van der Waals surface area contributed by atoms with Gasteiger partial charge in [-0.25, -0.2) is 4.98 Å². The molecule has 4 nitrogen and oxygen atoms in total.